The van der Waals surface area contributed by atoms with Gasteiger partial charge in [0.2, 0.25) is 11.6 Å². The van der Waals surface area contributed by atoms with Crippen molar-refractivity contribution in [3.63, 3.8) is 0 Å². The molecule has 1 heterocycles. The molecule has 1 aromatic heterocycles. The molecule has 3 rings (SSSR count). The lowest BCUT2D eigenvalue weighted by atomic mass is 10.2. The van der Waals surface area contributed by atoms with E-state index in [2.05, 4.69) is 10.2 Å². The second-order valence-electron chi connectivity index (χ2n) is 6.26. The molecule has 11 heteroatoms. The molecule has 0 unspecified atom stereocenters. The minimum absolute atomic E-state index is 0.0699. The van der Waals surface area contributed by atoms with Crippen molar-refractivity contribution >= 4 is 21.6 Å². The first kappa shape index (κ1) is 22.9. The summed E-state index contributed by atoms with van der Waals surface area (Å²) in [6.45, 7) is 0. The normalized spacial score (nSPS) is 11.4. The summed E-state index contributed by atoms with van der Waals surface area (Å²) in [5, 5.41) is 8.33. The molecule has 3 aromatic rings. The summed E-state index contributed by atoms with van der Waals surface area (Å²) in [7, 11) is 1.05. The van der Waals surface area contributed by atoms with E-state index in [1.54, 1.807) is 12.1 Å². The average Bonchev–Trinajstić information content (AvgIpc) is 3.25. The molecule has 31 heavy (non-hydrogen) atoms. The zero-order valence-corrected chi connectivity index (χ0v) is 18.8. The number of ether oxygens (including phenoxy) is 3. The van der Waals surface area contributed by atoms with Gasteiger partial charge in [0.05, 0.1) is 32.0 Å². The molecule has 0 saturated carbocycles. The molecular formula is C20H21FN2O6S2. The third-order valence-corrected chi connectivity index (χ3v) is 7.00. The maximum atomic E-state index is 13.0. The highest BCUT2D eigenvalue weighted by molar-refractivity contribution is 7.99. The molecule has 0 aliphatic rings. The largest absolute Gasteiger partial charge is 0.493 e. The van der Waals surface area contributed by atoms with Crippen molar-refractivity contribution in [1.82, 2.24) is 10.2 Å². The summed E-state index contributed by atoms with van der Waals surface area (Å²) in [4.78, 5) is 0.0985. The van der Waals surface area contributed by atoms with Gasteiger partial charge in [0.15, 0.2) is 21.3 Å². The Morgan fingerprint density at radius 3 is 2.23 bits per heavy atom. The molecule has 0 aliphatic heterocycles. The van der Waals surface area contributed by atoms with Crippen molar-refractivity contribution in [2.75, 3.05) is 32.8 Å². The van der Waals surface area contributed by atoms with Crippen molar-refractivity contribution < 1.29 is 31.4 Å². The van der Waals surface area contributed by atoms with Gasteiger partial charge in [-0.25, -0.2) is 12.8 Å². The number of benzene rings is 2. The Balaban J connectivity index is 1.62. The topological polar surface area (TPSA) is 101 Å². The highest BCUT2D eigenvalue weighted by Crippen LogP contribution is 2.41. The highest BCUT2D eigenvalue weighted by atomic mass is 32.2. The SMILES string of the molecule is COc1cc(-c2nnc(SCCCS(=O)(=O)c3ccc(F)cc3)o2)cc(OC)c1OC. The number of hydrogen-bond donors (Lipinski definition) is 0. The molecule has 0 aliphatic carbocycles. The number of nitrogens with zero attached hydrogens (tertiary/aromatic N) is 2. The van der Waals surface area contributed by atoms with Gasteiger partial charge in [-0.15, -0.1) is 10.2 Å². The second kappa shape index (κ2) is 10.0. The van der Waals surface area contributed by atoms with Crippen molar-refractivity contribution in [3.8, 4) is 28.7 Å². The van der Waals surface area contributed by atoms with Crippen molar-refractivity contribution in [2.24, 2.45) is 0 Å². The second-order valence-corrected chi connectivity index (χ2v) is 9.42. The molecule has 0 radical (unpaired) electrons. The fourth-order valence-electron chi connectivity index (χ4n) is 2.76. The van der Waals surface area contributed by atoms with Crippen LogP contribution in [0.15, 0.2) is 50.9 Å². The van der Waals surface area contributed by atoms with Gasteiger partial charge in [0, 0.05) is 11.3 Å². The summed E-state index contributed by atoms with van der Waals surface area (Å²) in [6.07, 6.45) is 0.367. The maximum Gasteiger partial charge on any atom is 0.276 e. The van der Waals surface area contributed by atoms with Crippen LogP contribution in [-0.4, -0.2) is 51.5 Å². The van der Waals surface area contributed by atoms with Gasteiger partial charge < -0.3 is 18.6 Å². The van der Waals surface area contributed by atoms with Crippen LogP contribution in [0.2, 0.25) is 0 Å². The molecule has 166 valence electrons. The summed E-state index contributed by atoms with van der Waals surface area (Å²) in [5.74, 6) is 1.53. The average molecular weight is 469 g/mol. The third-order valence-electron chi connectivity index (χ3n) is 4.27. The van der Waals surface area contributed by atoms with E-state index in [4.69, 9.17) is 18.6 Å². The van der Waals surface area contributed by atoms with E-state index in [1.165, 1.54) is 45.2 Å². The first-order valence-electron chi connectivity index (χ1n) is 9.13. The Labute approximate surface area is 183 Å². The molecule has 0 fully saturated rings. The molecule has 0 amide bonds. The number of sulfone groups is 1. The summed E-state index contributed by atoms with van der Waals surface area (Å²) < 4.78 is 59.2. The van der Waals surface area contributed by atoms with Gasteiger partial charge in [0.1, 0.15) is 5.82 Å². The number of halogens is 1. The molecule has 0 N–H and O–H groups in total. The quantitative estimate of drug-likeness (QED) is 0.249. The lowest BCUT2D eigenvalue weighted by Crippen LogP contribution is -2.07. The predicted octanol–water partition coefficient (Wildman–Crippen LogP) is 3.86. The van der Waals surface area contributed by atoms with Crippen LogP contribution in [-0.2, 0) is 9.84 Å². The van der Waals surface area contributed by atoms with Gasteiger partial charge >= 0.3 is 0 Å². The Bertz CT molecular complexity index is 1110. The lowest BCUT2D eigenvalue weighted by molar-refractivity contribution is 0.324. The smallest absolute Gasteiger partial charge is 0.276 e. The van der Waals surface area contributed by atoms with Gasteiger partial charge in [-0.3, -0.25) is 0 Å². The van der Waals surface area contributed by atoms with Crippen LogP contribution in [0.4, 0.5) is 4.39 Å². The van der Waals surface area contributed by atoms with Crippen LogP contribution in [0, 0.1) is 5.82 Å². The number of rotatable bonds is 10. The molecule has 0 spiro atoms. The van der Waals surface area contributed by atoms with E-state index in [0.717, 1.165) is 12.1 Å². The minimum atomic E-state index is -3.48. The molecule has 0 saturated heterocycles. The zero-order chi connectivity index (χ0) is 22.4. The van der Waals surface area contributed by atoms with Crippen LogP contribution in [0.1, 0.15) is 6.42 Å². The number of methoxy groups -OCH3 is 3. The molecule has 0 atom stereocenters. The Hall–Kier alpha value is -2.79. The molecule has 8 nitrogen and oxygen atoms in total. The van der Waals surface area contributed by atoms with Gasteiger partial charge in [-0.2, -0.15) is 0 Å². The van der Waals surface area contributed by atoms with Crippen molar-refractivity contribution in [2.45, 2.75) is 16.5 Å². The monoisotopic (exact) mass is 468 g/mol. The first-order valence-corrected chi connectivity index (χ1v) is 11.8. The molecular weight excluding hydrogens is 447 g/mol. The highest BCUT2D eigenvalue weighted by Gasteiger charge is 2.18. The van der Waals surface area contributed by atoms with E-state index in [1.807, 2.05) is 0 Å². The van der Waals surface area contributed by atoms with Gasteiger partial charge in [-0.1, -0.05) is 11.8 Å². The third kappa shape index (κ3) is 5.47. The van der Waals surface area contributed by atoms with Crippen LogP contribution in [0.25, 0.3) is 11.5 Å². The van der Waals surface area contributed by atoms with E-state index < -0.39 is 15.7 Å². The molecule has 0 bridgehead atoms. The zero-order valence-electron chi connectivity index (χ0n) is 17.1. The number of hydrogen-bond acceptors (Lipinski definition) is 9. The fourth-order valence-corrected chi connectivity index (χ4v) is 4.95. The number of thioether (sulfide) groups is 1. The van der Waals surface area contributed by atoms with Gasteiger partial charge in [-0.05, 0) is 42.8 Å². The van der Waals surface area contributed by atoms with E-state index >= 15 is 0 Å². The van der Waals surface area contributed by atoms with E-state index in [0.29, 0.717) is 40.2 Å². The Kier molecular flexibility index (Phi) is 7.39. The van der Waals surface area contributed by atoms with E-state index in [-0.39, 0.29) is 16.5 Å². The first-order chi connectivity index (χ1) is 14.9. The van der Waals surface area contributed by atoms with Crippen molar-refractivity contribution in [1.29, 1.82) is 0 Å². The van der Waals surface area contributed by atoms with Gasteiger partial charge in [0.25, 0.3) is 5.22 Å². The minimum Gasteiger partial charge on any atom is -0.493 e. The van der Waals surface area contributed by atoms with Crippen LogP contribution >= 0.6 is 11.8 Å². The summed E-state index contributed by atoms with van der Waals surface area (Å²) in [6, 6.07) is 8.17. The Morgan fingerprint density at radius 1 is 1.00 bits per heavy atom. The molecule has 2 aromatic carbocycles. The van der Waals surface area contributed by atoms with Crippen LogP contribution in [0.5, 0.6) is 17.2 Å². The predicted molar refractivity (Wildman–Crippen MR) is 113 cm³/mol. The van der Waals surface area contributed by atoms with E-state index in [9.17, 15) is 12.8 Å². The lowest BCUT2D eigenvalue weighted by Gasteiger charge is -2.12. The summed E-state index contributed by atoms with van der Waals surface area (Å²) in [5.41, 5.74) is 0.590. The van der Waals surface area contributed by atoms with Crippen LogP contribution < -0.4 is 14.2 Å². The van der Waals surface area contributed by atoms with Crippen LogP contribution in [0.3, 0.4) is 0 Å². The summed E-state index contributed by atoms with van der Waals surface area (Å²) >= 11 is 1.25. The number of aromatic nitrogens is 2. The standard InChI is InChI=1S/C20H21FN2O6S2/c1-26-16-11-13(12-17(27-2)18(16)28-3)19-22-23-20(29-19)30-9-4-10-31(24,25)15-7-5-14(21)6-8-15/h5-8,11-12H,4,9-10H2,1-3H3. The fraction of sp³-hybridized carbons (Fsp3) is 0.300. The Morgan fingerprint density at radius 2 is 1.65 bits per heavy atom. The maximum absolute atomic E-state index is 13.0. The van der Waals surface area contributed by atoms with Crippen molar-refractivity contribution in [3.05, 3.63) is 42.2 Å².